The highest BCUT2D eigenvalue weighted by Crippen LogP contribution is 2.22. The van der Waals surface area contributed by atoms with E-state index in [2.05, 4.69) is 4.98 Å². The first-order chi connectivity index (χ1) is 10.6. The number of anilines is 1. The summed E-state index contributed by atoms with van der Waals surface area (Å²) >= 11 is 0. The fourth-order valence-corrected chi connectivity index (χ4v) is 2.56. The summed E-state index contributed by atoms with van der Waals surface area (Å²) in [5, 5.41) is 9.16. The number of imidazole rings is 1. The van der Waals surface area contributed by atoms with Crippen LogP contribution in [0.25, 0.3) is 11.0 Å². The van der Waals surface area contributed by atoms with Crippen molar-refractivity contribution in [1.82, 2.24) is 9.55 Å². The average molecular weight is 294 g/mol. The summed E-state index contributed by atoms with van der Waals surface area (Å²) in [5.41, 5.74) is 3.01. The lowest BCUT2D eigenvalue weighted by molar-refractivity contribution is 0.627. The molecule has 110 valence electrons. The lowest BCUT2D eigenvalue weighted by atomic mass is 10.1. The van der Waals surface area contributed by atoms with Crippen molar-refractivity contribution < 1.29 is 4.39 Å². The van der Waals surface area contributed by atoms with Gasteiger partial charge in [-0.15, -0.1) is 0 Å². The van der Waals surface area contributed by atoms with Crippen molar-refractivity contribution in [2.24, 2.45) is 7.05 Å². The molecule has 0 atom stereocenters. The number of hydrogen-bond donors (Lipinski definition) is 0. The van der Waals surface area contributed by atoms with E-state index in [0.717, 1.165) is 16.9 Å². The van der Waals surface area contributed by atoms with Gasteiger partial charge in [-0.3, -0.25) is 0 Å². The first-order valence-corrected chi connectivity index (χ1v) is 6.91. The fraction of sp³-hybridized carbons (Fsp3) is 0.176. The molecular weight excluding hydrogens is 279 g/mol. The predicted octanol–water partition coefficient (Wildman–Crippen LogP) is 3.22. The fourth-order valence-electron chi connectivity index (χ4n) is 2.56. The standard InChI is InChI=1S/C17H15FN4/c1-21(15-8-7-13(18)9-12(15)10-19)11-17-20-14-5-3-4-6-16(14)22(17)2/h3-9H,11H2,1-2H3. The van der Waals surface area contributed by atoms with Gasteiger partial charge in [0.2, 0.25) is 0 Å². The quantitative estimate of drug-likeness (QED) is 0.745. The maximum atomic E-state index is 13.2. The van der Waals surface area contributed by atoms with E-state index in [-0.39, 0.29) is 0 Å². The number of aromatic nitrogens is 2. The largest absolute Gasteiger partial charge is 0.366 e. The Kier molecular flexibility index (Phi) is 3.51. The van der Waals surface area contributed by atoms with E-state index in [1.54, 1.807) is 6.07 Å². The second kappa shape index (κ2) is 5.49. The number of fused-ring (bicyclic) bond motifs is 1. The van der Waals surface area contributed by atoms with E-state index in [9.17, 15) is 4.39 Å². The molecule has 22 heavy (non-hydrogen) atoms. The molecule has 0 bridgehead atoms. The van der Waals surface area contributed by atoms with Crippen LogP contribution in [0.3, 0.4) is 0 Å². The summed E-state index contributed by atoms with van der Waals surface area (Å²) in [7, 11) is 3.84. The Morgan fingerprint density at radius 2 is 2.05 bits per heavy atom. The SMILES string of the molecule is CN(Cc1nc2ccccc2n1C)c1ccc(F)cc1C#N. The maximum absolute atomic E-state index is 13.2. The second-order valence-corrected chi connectivity index (χ2v) is 5.21. The van der Waals surface area contributed by atoms with Crippen molar-refractivity contribution >= 4 is 16.7 Å². The molecular formula is C17H15FN4. The molecule has 0 N–H and O–H groups in total. The number of nitrogens with zero attached hydrogens (tertiary/aromatic N) is 4. The van der Waals surface area contributed by atoms with E-state index in [1.807, 2.05) is 53.9 Å². The summed E-state index contributed by atoms with van der Waals surface area (Å²) in [6.45, 7) is 0.533. The van der Waals surface area contributed by atoms with Gasteiger partial charge in [-0.2, -0.15) is 5.26 Å². The molecule has 0 radical (unpaired) electrons. The zero-order valence-corrected chi connectivity index (χ0v) is 12.4. The maximum Gasteiger partial charge on any atom is 0.129 e. The van der Waals surface area contributed by atoms with Crippen LogP contribution in [0.5, 0.6) is 0 Å². The Balaban J connectivity index is 1.95. The highest BCUT2D eigenvalue weighted by molar-refractivity contribution is 5.75. The van der Waals surface area contributed by atoms with Crippen LogP contribution in [0, 0.1) is 17.1 Å². The van der Waals surface area contributed by atoms with Gasteiger partial charge in [0.05, 0.1) is 28.8 Å². The number of benzene rings is 2. The van der Waals surface area contributed by atoms with Crippen molar-refractivity contribution in [3.05, 3.63) is 59.7 Å². The molecule has 3 aromatic rings. The van der Waals surface area contributed by atoms with E-state index in [4.69, 9.17) is 5.26 Å². The molecule has 1 aromatic heterocycles. The Morgan fingerprint density at radius 1 is 1.27 bits per heavy atom. The van der Waals surface area contributed by atoms with E-state index < -0.39 is 5.82 Å². The Labute approximate surface area is 128 Å². The van der Waals surface area contributed by atoms with Crippen LogP contribution >= 0.6 is 0 Å². The van der Waals surface area contributed by atoms with E-state index in [1.165, 1.54) is 12.1 Å². The lowest BCUT2D eigenvalue weighted by Gasteiger charge is -2.20. The molecule has 0 amide bonds. The van der Waals surface area contributed by atoms with Crippen molar-refractivity contribution in [2.45, 2.75) is 6.54 Å². The minimum atomic E-state index is -0.406. The van der Waals surface area contributed by atoms with Crippen molar-refractivity contribution in [1.29, 1.82) is 5.26 Å². The first-order valence-electron chi connectivity index (χ1n) is 6.91. The Bertz CT molecular complexity index is 876. The summed E-state index contributed by atoms with van der Waals surface area (Å²) < 4.78 is 15.3. The molecule has 4 nitrogen and oxygen atoms in total. The number of para-hydroxylation sites is 2. The molecule has 3 rings (SSSR count). The molecule has 0 fully saturated rings. The summed E-state index contributed by atoms with van der Waals surface area (Å²) in [6.07, 6.45) is 0. The number of halogens is 1. The third-order valence-electron chi connectivity index (χ3n) is 3.75. The molecule has 0 saturated heterocycles. The van der Waals surface area contributed by atoms with Crippen LogP contribution in [0.1, 0.15) is 11.4 Å². The van der Waals surface area contributed by atoms with E-state index in [0.29, 0.717) is 17.8 Å². The van der Waals surface area contributed by atoms with Gasteiger partial charge in [-0.25, -0.2) is 9.37 Å². The van der Waals surface area contributed by atoms with E-state index >= 15 is 0 Å². The summed E-state index contributed by atoms with van der Waals surface area (Å²) in [4.78, 5) is 6.52. The average Bonchev–Trinajstić information content (AvgIpc) is 2.83. The van der Waals surface area contributed by atoms with Crippen LogP contribution in [-0.2, 0) is 13.6 Å². The minimum Gasteiger partial charge on any atom is -0.366 e. The van der Waals surface area contributed by atoms with Crippen LogP contribution in [-0.4, -0.2) is 16.6 Å². The zero-order chi connectivity index (χ0) is 15.7. The number of nitriles is 1. The van der Waals surface area contributed by atoms with Gasteiger partial charge in [0, 0.05) is 14.1 Å². The molecule has 2 aromatic carbocycles. The highest BCUT2D eigenvalue weighted by atomic mass is 19.1. The van der Waals surface area contributed by atoms with Gasteiger partial charge in [-0.1, -0.05) is 12.1 Å². The number of aryl methyl sites for hydroxylation is 1. The lowest BCUT2D eigenvalue weighted by Crippen LogP contribution is -2.20. The van der Waals surface area contributed by atoms with Crippen LogP contribution in [0.15, 0.2) is 42.5 Å². The predicted molar refractivity (Wildman–Crippen MR) is 83.9 cm³/mol. The molecule has 0 unspecified atom stereocenters. The molecule has 5 heteroatoms. The van der Waals surface area contributed by atoms with Gasteiger partial charge >= 0.3 is 0 Å². The monoisotopic (exact) mass is 294 g/mol. The van der Waals surface area contributed by atoms with Crippen molar-refractivity contribution in [3.63, 3.8) is 0 Å². The van der Waals surface area contributed by atoms with Gasteiger partial charge in [0.1, 0.15) is 17.7 Å². The normalized spacial score (nSPS) is 10.6. The molecule has 0 aliphatic heterocycles. The van der Waals surface area contributed by atoms with Crippen molar-refractivity contribution in [3.8, 4) is 6.07 Å². The Hall–Kier alpha value is -2.87. The first kappa shape index (κ1) is 14.1. The van der Waals surface area contributed by atoms with Gasteiger partial charge < -0.3 is 9.47 Å². The van der Waals surface area contributed by atoms with Gasteiger partial charge in [0.25, 0.3) is 0 Å². The summed E-state index contributed by atoms with van der Waals surface area (Å²) in [6, 6.07) is 14.2. The number of hydrogen-bond acceptors (Lipinski definition) is 3. The number of rotatable bonds is 3. The molecule has 0 aliphatic rings. The third-order valence-corrected chi connectivity index (χ3v) is 3.75. The van der Waals surface area contributed by atoms with Crippen LogP contribution < -0.4 is 4.90 Å². The zero-order valence-electron chi connectivity index (χ0n) is 12.4. The molecule has 0 saturated carbocycles. The van der Waals surface area contributed by atoms with Crippen LogP contribution in [0.2, 0.25) is 0 Å². The molecule has 1 heterocycles. The highest BCUT2D eigenvalue weighted by Gasteiger charge is 2.13. The second-order valence-electron chi connectivity index (χ2n) is 5.21. The van der Waals surface area contributed by atoms with Crippen LogP contribution in [0.4, 0.5) is 10.1 Å². The Morgan fingerprint density at radius 3 is 2.77 bits per heavy atom. The minimum absolute atomic E-state index is 0.321. The molecule has 0 aliphatic carbocycles. The third kappa shape index (κ3) is 2.40. The topological polar surface area (TPSA) is 44.9 Å². The van der Waals surface area contributed by atoms with Crippen molar-refractivity contribution in [2.75, 3.05) is 11.9 Å². The van der Waals surface area contributed by atoms with Gasteiger partial charge in [0.15, 0.2) is 0 Å². The smallest absolute Gasteiger partial charge is 0.129 e. The molecule has 0 spiro atoms. The summed E-state index contributed by atoms with van der Waals surface area (Å²) in [5.74, 6) is 0.480. The van der Waals surface area contributed by atoms with Gasteiger partial charge in [-0.05, 0) is 30.3 Å².